The van der Waals surface area contributed by atoms with Gasteiger partial charge in [0.05, 0.1) is 25.4 Å². The summed E-state index contributed by atoms with van der Waals surface area (Å²) < 4.78 is 11.2. The zero-order valence-corrected chi connectivity index (χ0v) is 38.1. The smallest absolute Gasteiger partial charge is 0.220 e. The van der Waals surface area contributed by atoms with Crippen molar-refractivity contribution in [3.05, 3.63) is 0 Å². The van der Waals surface area contributed by atoms with Gasteiger partial charge in [-0.2, -0.15) is 0 Å². The lowest BCUT2D eigenvalue weighted by Crippen LogP contribution is -2.60. The number of hydrogen-bond donors (Lipinski definition) is 6. The third-order valence-corrected chi connectivity index (χ3v) is 12.5. The molecule has 0 saturated carbocycles. The van der Waals surface area contributed by atoms with Gasteiger partial charge in [-0.3, -0.25) is 4.79 Å². The van der Waals surface area contributed by atoms with Gasteiger partial charge in [0.25, 0.3) is 0 Å². The number of carbonyl (C=O) groups is 1. The molecule has 0 aromatic carbocycles. The van der Waals surface area contributed by atoms with Gasteiger partial charge in [-0.25, -0.2) is 0 Å². The molecule has 1 saturated heterocycles. The van der Waals surface area contributed by atoms with Gasteiger partial charge < -0.3 is 40.3 Å². The molecule has 0 aliphatic carbocycles. The number of ether oxygens (including phenoxy) is 2. The number of carbonyl (C=O) groups excluding carboxylic acids is 1. The Kier molecular flexibility index (Phi) is 38.3. The van der Waals surface area contributed by atoms with Gasteiger partial charge in [0.1, 0.15) is 24.4 Å². The van der Waals surface area contributed by atoms with Crippen LogP contribution in [0.5, 0.6) is 0 Å². The molecule has 7 unspecified atom stereocenters. The summed E-state index contributed by atoms with van der Waals surface area (Å²) in [7, 11) is 0. The van der Waals surface area contributed by atoms with Crippen molar-refractivity contribution in [1.82, 2.24) is 5.32 Å². The van der Waals surface area contributed by atoms with Gasteiger partial charge >= 0.3 is 0 Å². The van der Waals surface area contributed by atoms with E-state index < -0.39 is 49.5 Å². The van der Waals surface area contributed by atoms with Crippen LogP contribution in [0.2, 0.25) is 0 Å². The van der Waals surface area contributed by atoms with E-state index in [9.17, 15) is 30.3 Å². The molecule has 0 aromatic heterocycles. The Morgan fingerprint density at radius 1 is 0.517 bits per heavy atom. The maximum absolute atomic E-state index is 12.9. The van der Waals surface area contributed by atoms with Crippen molar-refractivity contribution >= 4 is 5.91 Å². The number of aliphatic hydroxyl groups excluding tert-OH is 5. The van der Waals surface area contributed by atoms with Crippen molar-refractivity contribution in [2.24, 2.45) is 0 Å². The van der Waals surface area contributed by atoms with E-state index >= 15 is 0 Å². The SMILES string of the molecule is CCCCCCCCCCCCCCCCCCCCCCCCCCCCCC(=O)NC(COC1OC(CO)C(O)C(O)C1O)C(O)CCCCCCCCCC. The second-order valence-electron chi connectivity index (χ2n) is 18.0. The number of unbranched alkanes of at least 4 members (excludes halogenated alkanes) is 33. The molecular formula is C49H97NO8. The quantitative estimate of drug-likeness (QED) is 0.0333. The molecule has 0 spiro atoms. The number of aliphatic hydroxyl groups is 5. The zero-order valence-electron chi connectivity index (χ0n) is 38.1. The first-order valence-corrected chi connectivity index (χ1v) is 25.2. The first kappa shape index (κ1) is 55.2. The molecule has 6 N–H and O–H groups in total. The van der Waals surface area contributed by atoms with Gasteiger partial charge in [0.15, 0.2) is 6.29 Å². The summed E-state index contributed by atoms with van der Waals surface area (Å²) in [6, 6.07) is -0.710. The zero-order chi connectivity index (χ0) is 42.3. The molecule has 1 amide bonds. The van der Waals surface area contributed by atoms with Crippen LogP contribution in [0.4, 0.5) is 0 Å². The molecule has 1 heterocycles. The molecule has 7 atom stereocenters. The molecule has 9 nitrogen and oxygen atoms in total. The monoisotopic (exact) mass is 828 g/mol. The molecule has 0 radical (unpaired) electrons. The highest BCUT2D eigenvalue weighted by Gasteiger charge is 2.44. The Morgan fingerprint density at radius 2 is 0.862 bits per heavy atom. The topological polar surface area (TPSA) is 149 Å². The minimum absolute atomic E-state index is 0.133. The standard InChI is InChI=1S/C49H97NO8/c1-3-5-7-9-11-13-14-15-16-17-18-19-20-21-22-23-24-25-26-27-28-29-30-31-33-35-37-39-45(53)50-42(43(52)38-36-34-32-12-10-8-6-4-2)41-57-49-48(56)47(55)46(54)44(40-51)58-49/h42-44,46-49,51-52,54-56H,3-41H2,1-2H3,(H,50,53). The normalized spacial score (nSPS) is 20.7. The van der Waals surface area contributed by atoms with Crippen molar-refractivity contribution in [1.29, 1.82) is 0 Å². The Balaban J connectivity index is 2.10. The highest BCUT2D eigenvalue weighted by atomic mass is 16.7. The van der Waals surface area contributed by atoms with E-state index in [1.165, 1.54) is 186 Å². The molecule has 1 aliphatic heterocycles. The van der Waals surface area contributed by atoms with Crippen LogP contribution in [-0.4, -0.2) is 87.5 Å². The Labute approximate surface area is 357 Å². The molecule has 1 aliphatic rings. The van der Waals surface area contributed by atoms with E-state index in [2.05, 4.69) is 19.2 Å². The average molecular weight is 828 g/mol. The summed E-state index contributed by atoms with van der Waals surface area (Å²) in [5.74, 6) is -0.142. The fourth-order valence-electron chi connectivity index (χ4n) is 8.40. The molecule has 58 heavy (non-hydrogen) atoms. The van der Waals surface area contributed by atoms with Gasteiger partial charge in [-0.1, -0.05) is 232 Å². The van der Waals surface area contributed by atoms with Crippen molar-refractivity contribution in [2.75, 3.05) is 13.2 Å². The highest BCUT2D eigenvalue weighted by Crippen LogP contribution is 2.23. The van der Waals surface area contributed by atoms with Crippen LogP contribution < -0.4 is 5.32 Å². The van der Waals surface area contributed by atoms with E-state index in [0.29, 0.717) is 12.8 Å². The second kappa shape index (κ2) is 40.3. The fourth-order valence-corrected chi connectivity index (χ4v) is 8.40. The summed E-state index contributed by atoms with van der Waals surface area (Å²) in [6.07, 6.45) is 38.7. The van der Waals surface area contributed by atoms with Crippen molar-refractivity contribution in [2.45, 2.75) is 294 Å². The van der Waals surface area contributed by atoms with Crippen LogP contribution in [0.3, 0.4) is 0 Å². The van der Waals surface area contributed by atoms with E-state index in [-0.39, 0.29) is 12.5 Å². The summed E-state index contributed by atoms with van der Waals surface area (Å²) in [4.78, 5) is 12.9. The Hall–Kier alpha value is -0.810. The minimum atomic E-state index is -1.55. The number of nitrogens with one attached hydrogen (secondary N) is 1. The summed E-state index contributed by atoms with van der Waals surface area (Å²) in [6.45, 7) is 3.82. The first-order chi connectivity index (χ1) is 28.3. The molecule has 0 bridgehead atoms. The van der Waals surface area contributed by atoms with Crippen LogP contribution >= 0.6 is 0 Å². The van der Waals surface area contributed by atoms with E-state index in [1.54, 1.807) is 0 Å². The van der Waals surface area contributed by atoms with E-state index in [0.717, 1.165) is 38.5 Å². The lowest BCUT2D eigenvalue weighted by Gasteiger charge is -2.40. The minimum Gasteiger partial charge on any atom is -0.394 e. The molecule has 1 rings (SSSR count). The van der Waals surface area contributed by atoms with Crippen molar-refractivity contribution in [3.63, 3.8) is 0 Å². The molecule has 9 heteroatoms. The third kappa shape index (κ3) is 30.3. The second-order valence-corrected chi connectivity index (χ2v) is 18.0. The summed E-state index contributed by atoms with van der Waals surface area (Å²) in [5, 5.41) is 54.2. The number of rotatable bonds is 43. The predicted octanol–water partition coefficient (Wildman–Crippen LogP) is 11.1. The third-order valence-electron chi connectivity index (χ3n) is 12.5. The summed E-state index contributed by atoms with van der Waals surface area (Å²) in [5.41, 5.74) is 0. The maximum atomic E-state index is 12.9. The number of amides is 1. The number of hydrogen-bond acceptors (Lipinski definition) is 8. The largest absolute Gasteiger partial charge is 0.394 e. The summed E-state index contributed by atoms with van der Waals surface area (Å²) >= 11 is 0. The van der Waals surface area contributed by atoms with Crippen LogP contribution in [0.15, 0.2) is 0 Å². The fraction of sp³-hybridized carbons (Fsp3) is 0.980. The van der Waals surface area contributed by atoms with Crippen LogP contribution in [0, 0.1) is 0 Å². The van der Waals surface area contributed by atoms with Crippen LogP contribution in [0.1, 0.15) is 251 Å². The van der Waals surface area contributed by atoms with Crippen molar-refractivity contribution < 1.29 is 39.8 Å². The van der Waals surface area contributed by atoms with Gasteiger partial charge in [0.2, 0.25) is 5.91 Å². The molecule has 1 fully saturated rings. The van der Waals surface area contributed by atoms with E-state index in [1.807, 2.05) is 0 Å². The van der Waals surface area contributed by atoms with Gasteiger partial charge in [0, 0.05) is 6.42 Å². The van der Waals surface area contributed by atoms with E-state index in [4.69, 9.17) is 9.47 Å². The molecular weight excluding hydrogens is 731 g/mol. The first-order valence-electron chi connectivity index (χ1n) is 25.2. The van der Waals surface area contributed by atoms with Gasteiger partial charge in [-0.15, -0.1) is 0 Å². The highest BCUT2D eigenvalue weighted by molar-refractivity contribution is 5.76. The Bertz CT molecular complexity index is 878. The predicted molar refractivity (Wildman–Crippen MR) is 240 cm³/mol. The van der Waals surface area contributed by atoms with Crippen LogP contribution in [-0.2, 0) is 14.3 Å². The lowest BCUT2D eigenvalue weighted by atomic mass is 9.99. The molecule has 0 aromatic rings. The average Bonchev–Trinajstić information content (AvgIpc) is 3.22. The van der Waals surface area contributed by atoms with Crippen LogP contribution in [0.25, 0.3) is 0 Å². The lowest BCUT2D eigenvalue weighted by molar-refractivity contribution is -0.302. The van der Waals surface area contributed by atoms with Crippen molar-refractivity contribution in [3.8, 4) is 0 Å². The molecule has 346 valence electrons. The maximum Gasteiger partial charge on any atom is 0.220 e. The Morgan fingerprint density at radius 3 is 1.22 bits per heavy atom. The van der Waals surface area contributed by atoms with Gasteiger partial charge in [-0.05, 0) is 12.8 Å².